The summed E-state index contributed by atoms with van der Waals surface area (Å²) in [6.45, 7) is 1.60. The van der Waals surface area contributed by atoms with Crippen LogP contribution in [0.4, 0.5) is 14.9 Å². The lowest BCUT2D eigenvalue weighted by atomic mass is 10.1. The maximum absolute atomic E-state index is 13.0. The van der Waals surface area contributed by atoms with Crippen molar-refractivity contribution in [3.8, 4) is 0 Å². The molecule has 1 aliphatic heterocycles. The van der Waals surface area contributed by atoms with Gasteiger partial charge in [-0.1, -0.05) is 0 Å². The van der Waals surface area contributed by atoms with Gasteiger partial charge in [0, 0.05) is 18.8 Å². The normalized spacial score (nSPS) is 15.8. The van der Waals surface area contributed by atoms with E-state index in [1.807, 2.05) is 0 Å². The van der Waals surface area contributed by atoms with Gasteiger partial charge in [-0.25, -0.2) is 9.18 Å². The number of piperidine rings is 1. The lowest BCUT2D eigenvalue weighted by Crippen LogP contribution is -2.38. The van der Waals surface area contributed by atoms with E-state index >= 15 is 0 Å². The first kappa shape index (κ1) is 12.4. The number of hydrogen-bond donors (Lipinski definition) is 1. The lowest BCUT2D eigenvalue weighted by molar-refractivity contribution is 0.200. The summed E-state index contributed by atoms with van der Waals surface area (Å²) in [5.41, 5.74) is 0.605. The van der Waals surface area contributed by atoms with Crippen LogP contribution in [0.1, 0.15) is 19.3 Å². The fourth-order valence-electron chi connectivity index (χ4n) is 1.87. The predicted molar refractivity (Wildman–Crippen MR) is 68.5 cm³/mol. The van der Waals surface area contributed by atoms with Gasteiger partial charge in [-0.05, 0) is 53.4 Å². The third-order valence-electron chi connectivity index (χ3n) is 2.81. The molecule has 0 aliphatic carbocycles. The van der Waals surface area contributed by atoms with E-state index < -0.39 is 0 Å². The number of hydrogen-bond acceptors (Lipinski definition) is 1. The van der Waals surface area contributed by atoms with Gasteiger partial charge in [0.2, 0.25) is 0 Å². The summed E-state index contributed by atoms with van der Waals surface area (Å²) in [6.07, 6.45) is 3.30. The van der Waals surface area contributed by atoms with Crippen molar-refractivity contribution in [3.63, 3.8) is 0 Å². The van der Waals surface area contributed by atoms with E-state index in [0.29, 0.717) is 10.2 Å². The molecule has 0 atom stereocenters. The molecule has 0 aromatic heterocycles. The van der Waals surface area contributed by atoms with Crippen molar-refractivity contribution in [1.29, 1.82) is 0 Å². The van der Waals surface area contributed by atoms with Gasteiger partial charge in [-0.2, -0.15) is 0 Å². The molecule has 5 heteroatoms. The minimum Gasteiger partial charge on any atom is -0.325 e. The van der Waals surface area contributed by atoms with Crippen LogP contribution in [0.5, 0.6) is 0 Å². The molecular weight excluding hydrogens is 287 g/mol. The molecule has 1 aromatic carbocycles. The molecule has 1 aliphatic rings. The van der Waals surface area contributed by atoms with E-state index in [0.717, 1.165) is 25.9 Å². The van der Waals surface area contributed by atoms with Crippen LogP contribution in [0.3, 0.4) is 0 Å². The zero-order valence-electron chi connectivity index (χ0n) is 9.38. The monoisotopic (exact) mass is 300 g/mol. The Hall–Kier alpha value is -1.10. The number of likely N-dealkylation sites (tertiary alicyclic amines) is 1. The highest BCUT2D eigenvalue weighted by molar-refractivity contribution is 9.10. The summed E-state index contributed by atoms with van der Waals surface area (Å²) >= 11 is 3.09. The van der Waals surface area contributed by atoms with Crippen molar-refractivity contribution in [3.05, 3.63) is 28.5 Å². The Balaban J connectivity index is 1.99. The molecule has 0 radical (unpaired) electrons. The van der Waals surface area contributed by atoms with E-state index in [4.69, 9.17) is 0 Å². The molecule has 1 aromatic rings. The smallest absolute Gasteiger partial charge is 0.321 e. The molecule has 1 N–H and O–H groups in total. The zero-order valence-corrected chi connectivity index (χ0v) is 11.0. The minimum absolute atomic E-state index is 0.108. The Morgan fingerprint density at radius 1 is 1.29 bits per heavy atom. The van der Waals surface area contributed by atoms with E-state index in [1.165, 1.54) is 12.5 Å². The molecule has 2 amide bonds. The lowest BCUT2D eigenvalue weighted by Gasteiger charge is -2.26. The van der Waals surface area contributed by atoms with Crippen LogP contribution >= 0.6 is 15.9 Å². The van der Waals surface area contributed by atoms with Crippen LogP contribution < -0.4 is 5.32 Å². The van der Waals surface area contributed by atoms with Crippen molar-refractivity contribution in [2.75, 3.05) is 18.4 Å². The highest BCUT2D eigenvalue weighted by Gasteiger charge is 2.16. The molecule has 3 nitrogen and oxygen atoms in total. The van der Waals surface area contributed by atoms with E-state index in [2.05, 4.69) is 21.2 Å². The van der Waals surface area contributed by atoms with Gasteiger partial charge in [0.05, 0.1) is 4.47 Å². The molecule has 17 heavy (non-hydrogen) atoms. The molecule has 0 spiro atoms. The van der Waals surface area contributed by atoms with Gasteiger partial charge in [-0.15, -0.1) is 0 Å². The first-order chi connectivity index (χ1) is 8.16. The van der Waals surface area contributed by atoms with Crippen LogP contribution in [0, 0.1) is 5.82 Å². The van der Waals surface area contributed by atoms with Gasteiger partial charge >= 0.3 is 6.03 Å². The summed E-state index contributed by atoms with van der Waals surface area (Å²) in [5, 5.41) is 2.77. The second-order valence-electron chi connectivity index (χ2n) is 4.11. The van der Waals surface area contributed by atoms with Crippen molar-refractivity contribution in [2.45, 2.75) is 19.3 Å². The van der Waals surface area contributed by atoms with Crippen LogP contribution in [-0.2, 0) is 0 Å². The highest BCUT2D eigenvalue weighted by Crippen LogP contribution is 2.20. The molecule has 0 unspecified atom stereocenters. The van der Waals surface area contributed by atoms with Crippen molar-refractivity contribution in [1.82, 2.24) is 4.90 Å². The highest BCUT2D eigenvalue weighted by atomic mass is 79.9. The largest absolute Gasteiger partial charge is 0.325 e. The third-order valence-corrected chi connectivity index (χ3v) is 3.42. The molecule has 0 saturated carbocycles. The molecular formula is C12H14BrFN2O. The number of rotatable bonds is 1. The molecule has 2 rings (SSSR count). The maximum atomic E-state index is 13.0. The summed E-state index contributed by atoms with van der Waals surface area (Å²) in [5.74, 6) is -0.332. The van der Waals surface area contributed by atoms with Crippen molar-refractivity contribution >= 4 is 27.6 Å². The number of amides is 2. The van der Waals surface area contributed by atoms with Crippen LogP contribution in [0.25, 0.3) is 0 Å². The number of halogens is 2. The van der Waals surface area contributed by atoms with Gasteiger partial charge in [0.25, 0.3) is 0 Å². The van der Waals surface area contributed by atoms with Gasteiger partial charge in [0.15, 0.2) is 0 Å². The molecule has 1 saturated heterocycles. The fraction of sp³-hybridized carbons (Fsp3) is 0.417. The summed E-state index contributed by atoms with van der Waals surface area (Å²) < 4.78 is 13.4. The number of urea groups is 1. The number of nitrogens with one attached hydrogen (secondary N) is 1. The maximum Gasteiger partial charge on any atom is 0.321 e. The van der Waals surface area contributed by atoms with E-state index in [-0.39, 0.29) is 11.8 Å². The summed E-state index contributed by atoms with van der Waals surface area (Å²) in [6, 6.07) is 4.35. The predicted octanol–water partition coefficient (Wildman–Crippen LogP) is 3.61. The number of carbonyl (C=O) groups excluding carboxylic acids is 1. The third kappa shape index (κ3) is 3.19. The van der Waals surface area contributed by atoms with E-state index in [1.54, 1.807) is 17.0 Å². The number of anilines is 1. The Labute approximate surface area is 108 Å². The van der Waals surface area contributed by atoms with Crippen LogP contribution in [0.15, 0.2) is 22.7 Å². The Bertz CT molecular complexity index is 419. The zero-order chi connectivity index (χ0) is 12.3. The summed E-state index contributed by atoms with van der Waals surface area (Å²) in [4.78, 5) is 13.7. The topological polar surface area (TPSA) is 32.3 Å². The first-order valence-corrected chi connectivity index (χ1v) is 6.47. The van der Waals surface area contributed by atoms with Crippen molar-refractivity contribution in [2.24, 2.45) is 0 Å². The SMILES string of the molecule is O=C(Nc1ccc(F)c(Br)c1)N1CCCCC1. The average molecular weight is 301 g/mol. The van der Waals surface area contributed by atoms with Crippen molar-refractivity contribution < 1.29 is 9.18 Å². The average Bonchev–Trinajstić information content (AvgIpc) is 2.35. The molecule has 1 fully saturated rings. The molecule has 92 valence electrons. The number of benzene rings is 1. The number of carbonyl (C=O) groups is 1. The van der Waals surface area contributed by atoms with Crippen LogP contribution in [-0.4, -0.2) is 24.0 Å². The van der Waals surface area contributed by atoms with Gasteiger partial charge in [0.1, 0.15) is 5.82 Å². The van der Waals surface area contributed by atoms with E-state index in [9.17, 15) is 9.18 Å². The van der Waals surface area contributed by atoms with Crippen LogP contribution in [0.2, 0.25) is 0 Å². The Morgan fingerprint density at radius 2 is 2.00 bits per heavy atom. The molecule has 0 bridgehead atoms. The standard InChI is InChI=1S/C12H14BrFN2O/c13-10-8-9(4-5-11(10)14)15-12(17)16-6-2-1-3-7-16/h4-5,8H,1-3,6-7H2,(H,15,17). The first-order valence-electron chi connectivity index (χ1n) is 5.68. The molecule has 1 heterocycles. The Kier molecular flexibility index (Phi) is 3.99. The second kappa shape index (κ2) is 5.49. The summed E-state index contributed by atoms with van der Waals surface area (Å²) in [7, 11) is 0. The fourth-order valence-corrected chi connectivity index (χ4v) is 2.25. The Morgan fingerprint density at radius 3 is 2.65 bits per heavy atom. The quantitative estimate of drug-likeness (QED) is 0.844. The minimum atomic E-state index is -0.332. The second-order valence-corrected chi connectivity index (χ2v) is 4.96. The number of nitrogens with zero attached hydrogens (tertiary/aromatic N) is 1. The van der Waals surface area contributed by atoms with Gasteiger partial charge < -0.3 is 10.2 Å². The van der Waals surface area contributed by atoms with Gasteiger partial charge in [-0.3, -0.25) is 0 Å².